The average Bonchev–Trinajstić information content (AvgIpc) is 3.72. The van der Waals surface area contributed by atoms with E-state index in [1.807, 2.05) is 12.1 Å². The summed E-state index contributed by atoms with van der Waals surface area (Å²) in [5.74, 6) is -6.95. The second-order valence-electron chi connectivity index (χ2n) is 18.4. The highest BCUT2D eigenvalue weighted by Gasteiger charge is 2.56. The summed E-state index contributed by atoms with van der Waals surface area (Å²) in [4.78, 5) is 54.3. The minimum absolute atomic E-state index is 0.112. The van der Waals surface area contributed by atoms with Gasteiger partial charge in [-0.2, -0.15) is 10.5 Å². The number of carbonyl (C=O) groups excluding carboxylic acids is 4. The third-order valence-corrected chi connectivity index (χ3v) is 14.9. The van der Waals surface area contributed by atoms with Crippen molar-refractivity contribution in [2.24, 2.45) is 22.7 Å². The van der Waals surface area contributed by atoms with Crippen molar-refractivity contribution in [1.29, 1.82) is 10.5 Å². The maximum Gasteiger partial charge on any atom is 0.312 e. The summed E-state index contributed by atoms with van der Waals surface area (Å²) in [5, 5.41) is 25.1. The number of rotatable bonds is 12. The number of esters is 2. The SMILES string of the molecule is N#CC1CC(F)(F)CN1C(=O)CNC12CCC(C(=O)OCC3CCC(COC(=O)C45CCC(NCC(=O)N6CC(F)(F)C[C@H]6C#N)(CC4)CC5)CC3)(CC1)CC2. The molecule has 7 saturated carbocycles. The minimum Gasteiger partial charge on any atom is -0.465 e. The zero-order valence-corrected chi connectivity index (χ0v) is 32.0. The van der Waals surface area contributed by atoms with E-state index in [0.29, 0.717) is 90.3 Å². The molecule has 12 nitrogen and oxygen atoms in total. The highest BCUT2D eigenvalue weighted by molar-refractivity contribution is 5.81. The standard InChI is InChI=1S/C40H54F4N6O6/c41-39(42)17-29(19-45)49(25-39)31(51)21-47-37-11-5-35(6-12-37,7-13-37)33(53)55-23-27-1-2-28(4-3-27)24-56-34(54)36-8-14-38(15-9-36,16-10-36)48-22-32(52)50-26-40(43,44)18-30(50)20-46/h27-30,47-48H,1-18,21-26H2/t27?,28?,29-,30?,35?,36?,37?,38?/m0/s1. The summed E-state index contributed by atoms with van der Waals surface area (Å²) in [6, 6.07) is 1.39. The summed E-state index contributed by atoms with van der Waals surface area (Å²) >= 11 is 0. The van der Waals surface area contributed by atoms with E-state index in [-0.39, 0.29) is 47.9 Å². The molecule has 7 aliphatic carbocycles. The lowest BCUT2D eigenvalue weighted by Crippen LogP contribution is -2.59. The number of carbonyl (C=O) groups is 4. The van der Waals surface area contributed by atoms with Gasteiger partial charge < -0.3 is 29.9 Å². The van der Waals surface area contributed by atoms with Crippen molar-refractivity contribution in [3.8, 4) is 12.1 Å². The minimum atomic E-state index is -3.05. The highest BCUT2D eigenvalue weighted by Crippen LogP contribution is 2.54. The summed E-state index contributed by atoms with van der Waals surface area (Å²) in [6.45, 7) is -0.973. The number of hydrogen-bond donors (Lipinski definition) is 2. The number of alkyl halides is 4. The first-order chi connectivity index (χ1) is 26.5. The van der Waals surface area contributed by atoms with Crippen LogP contribution in [0.2, 0.25) is 0 Å². The third kappa shape index (κ3) is 8.25. The van der Waals surface area contributed by atoms with Crippen molar-refractivity contribution in [3.05, 3.63) is 0 Å². The highest BCUT2D eigenvalue weighted by atomic mass is 19.3. The van der Waals surface area contributed by atoms with Gasteiger partial charge in [-0.3, -0.25) is 19.2 Å². The fourth-order valence-corrected chi connectivity index (χ4v) is 10.9. The molecule has 2 heterocycles. The smallest absolute Gasteiger partial charge is 0.312 e. The van der Waals surface area contributed by atoms with Crippen LogP contribution in [-0.2, 0) is 28.7 Å². The van der Waals surface area contributed by atoms with E-state index in [0.717, 1.165) is 35.5 Å². The molecule has 56 heavy (non-hydrogen) atoms. The van der Waals surface area contributed by atoms with E-state index in [1.165, 1.54) is 0 Å². The Hall–Kier alpha value is -3.50. The fraction of sp³-hybridized carbons (Fsp3) is 0.850. The van der Waals surface area contributed by atoms with Gasteiger partial charge in [-0.15, -0.1) is 0 Å². The molecule has 9 rings (SSSR count). The van der Waals surface area contributed by atoms with Crippen LogP contribution in [0.5, 0.6) is 0 Å². The Bertz CT molecular complexity index is 1470. The molecular formula is C40H54F4N6O6. The molecule has 2 saturated heterocycles. The number of likely N-dealkylation sites (tertiary alicyclic amines) is 2. The maximum absolute atomic E-state index is 13.8. The molecule has 0 aromatic rings. The summed E-state index contributed by atoms with van der Waals surface area (Å²) in [6.07, 6.45) is 10.2. The van der Waals surface area contributed by atoms with E-state index < -0.39 is 72.5 Å². The Morgan fingerprint density at radius 2 is 0.893 bits per heavy atom. The molecular weight excluding hydrogens is 736 g/mol. The van der Waals surface area contributed by atoms with Crippen molar-refractivity contribution >= 4 is 23.8 Å². The first-order valence-corrected chi connectivity index (χ1v) is 20.5. The molecule has 16 heteroatoms. The van der Waals surface area contributed by atoms with Gasteiger partial charge in [0.2, 0.25) is 11.8 Å². The molecule has 0 aromatic heterocycles. The predicted octanol–water partition coefficient (Wildman–Crippen LogP) is 4.76. The number of fused-ring (bicyclic) bond motifs is 6. The second-order valence-corrected chi connectivity index (χ2v) is 18.4. The monoisotopic (exact) mass is 790 g/mol. The molecule has 2 aliphatic heterocycles. The number of nitrogens with one attached hydrogen (secondary N) is 2. The van der Waals surface area contributed by atoms with Crippen LogP contribution in [0.25, 0.3) is 0 Å². The van der Waals surface area contributed by atoms with Crippen LogP contribution in [0.15, 0.2) is 0 Å². The number of hydrogen-bond acceptors (Lipinski definition) is 10. The number of nitriles is 2. The molecule has 308 valence electrons. The van der Waals surface area contributed by atoms with Crippen molar-refractivity contribution in [1.82, 2.24) is 20.4 Å². The van der Waals surface area contributed by atoms with Gasteiger partial charge in [0, 0.05) is 23.9 Å². The van der Waals surface area contributed by atoms with Crippen LogP contribution in [0.3, 0.4) is 0 Å². The first kappa shape index (κ1) is 40.7. The van der Waals surface area contributed by atoms with Crippen LogP contribution < -0.4 is 10.6 Å². The lowest BCUT2D eigenvalue weighted by atomic mass is 9.57. The van der Waals surface area contributed by atoms with Gasteiger partial charge in [-0.05, 0) is 115 Å². The number of amides is 2. The Morgan fingerprint density at radius 3 is 1.20 bits per heavy atom. The van der Waals surface area contributed by atoms with Crippen LogP contribution in [0.1, 0.15) is 116 Å². The van der Waals surface area contributed by atoms with Gasteiger partial charge in [0.05, 0.1) is 62.4 Å². The van der Waals surface area contributed by atoms with E-state index >= 15 is 0 Å². The van der Waals surface area contributed by atoms with Crippen molar-refractivity contribution in [2.75, 3.05) is 39.4 Å². The van der Waals surface area contributed by atoms with E-state index in [1.54, 1.807) is 0 Å². The molecule has 0 aromatic carbocycles. The molecule has 2 amide bonds. The zero-order valence-electron chi connectivity index (χ0n) is 32.0. The Morgan fingerprint density at radius 1 is 0.571 bits per heavy atom. The zero-order chi connectivity index (χ0) is 40.0. The Labute approximate surface area is 325 Å². The van der Waals surface area contributed by atoms with Crippen molar-refractivity contribution in [2.45, 2.75) is 151 Å². The van der Waals surface area contributed by atoms with E-state index in [9.17, 15) is 47.3 Å². The summed E-state index contributed by atoms with van der Waals surface area (Å²) in [5.41, 5.74) is -1.74. The molecule has 9 aliphatic rings. The van der Waals surface area contributed by atoms with Crippen LogP contribution in [0.4, 0.5) is 17.6 Å². The Balaban J connectivity index is 0.777. The van der Waals surface area contributed by atoms with Gasteiger partial charge in [-0.25, -0.2) is 17.6 Å². The van der Waals surface area contributed by atoms with Gasteiger partial charge >= 0.3 is 11.9 Å². The third-order valence-electron chi connectivity index (χ3n) is 14.9. The maximum atomic E-state index is 13.8. The van der Waals surface area contributed by atoms with Crippen LogP contribution in [0, 0.1) is 45.3 Å². The second kappa shape index (κ2) is 15.3. The van der Waals surface area contributed by atoms with Crippen LogP contribution in [-0.4, -0.2) is 108 Å². The van der Waals surface area contributed by atoms with E-state index in [2.05, 4.69) is 10.6 Å². The predicted molar refractivity (Wildman–Crippen MR) is 190 cm³/mol. The molecule has 4 bridgehead atoms. The molecule has 9 fully saturated rings. The van der Waals surface area contributed by atoms with Crippen molar-refractivity contribution < 1.29 is 46.2 Å². The van der Waals surface area contributed by atoms with Gasteiger partial charge in [0.1, 0.15) is 12.1 Å². The fourth-order valence-electron chi connectivity index (χ4n) is 10.9. The van der Waals surface area contributed by atoms with Gasteiger partial charge in [-0.1, -0.05) is 0 Å². The normalized spacial score (nSPS) is 38.1. The van der Waals surface area contributed by atoms with Gasteiger partial charge in [0.25, 0.3) is 11.8 Å². The number of nitrogens with zero attached hydrogens (tertiary/aromatic N) is 4. The largest absolute Gasteiger partial charge is 0.465 e. The summed E-state index contributed by atoms with van der Waals surface area (Å²) in [7, 11) is 0. The molecule has 2 atom stereocenters. The first-order valence-electron chi connectivity index (χ1n) is 20.5. The molecule has 0 spiro atoms. The summed E-state index contributed by atoms with van der Waals surface area (Å²) < 4.78 is 67.2. The average molecular weight is 791 g/mol. The van der Waals surface area contributed by atoms with Gasteiger partial charge in [0.15, 0.2) is 0 Å². The lowest BCUT2D eigenvalue weighted by molar-refractivity contribution is -0.168. The topological polar surface area (TPSA) is 165 Å². The molecule has 1 unspecified atom stereocenters. The molecule has 0 radical (unpaired) electrons. The number of ether oxygens (including phenoxy) is 2. The van der Waals surface area contributed by atoms with E-state index in [4.69, 9.17) is 9.47 Å². The quantitative estimate of drug-likeness (QED) is 0.208. The molecule has 2 N–H and O–H groups in total. The van der Waals surface area contributed by atoms with Crippen molar-refractivity contribution in [3.63, 3.8) is 0 Å². The Kier molecular flexibility index (Phi) is 11.2. The lowest BCUT2D eigenvalue weighted by Gasteiger charge is -2.52. The van der Waals surface area contributed by atoms with Crippen LogP contribution >= 0.6 is 0 Å². The number of halogens is 4.